The summed E-state index contributed by atoms with van der Waals surface area (Å²) >= 11 is 0. The second-order valence-corrected chi connectivity index (χ2v) is 6.91. The Balaban J connectivity index is 2.30. The van der Waals surface area contributed by atoms with Gasteiger partial charge < -0.3 is 15.0 Å². The third-order valence-corrected chi connectivity index (χ3v) is 5.24. The normalized spacial score (nSPS) is 26.3. The number of rotatable bonds is 6. The molecule has 1 aromatic rings. The van der Waals surface area contributed by atoms with E-state index in [2.05, 4.69) is 19.2 Å². The van der Waals surface area contributed by atoms with Gasteiger partial charge in [-0.3, -0.25) is 4.48 Å². The molecule has 0 aliphatic carbocycles. The highest BCUT2D eigenvalue weighted by Crippen LogP contribution is 2.33. The molecule has 1 aliphatic heterocycles. The van der Waals surface area contributed by atoms with E-state index < -0.39 is 0 Å². The number of hydrogen-bond donors (Lipinski definition) is 1. The molecule has 0 bridgehead atoms. The van der Waals surface area contributed by atoms with Crippen molar-refractivity contribution in [3.8, 4) is 0 Å². The maximum absolute atomic E-state index is 13.4. The average molecular weight is 350 g/mol. The molecule has 0 saturated carbocycles. The second kappa shape index (κ2) is 8.43. The first-order valence-corrected chi connectivity index (χ1v) is 9.05. The fourth-order valence-corrected chi connectivity index (χ4v) is 3.90. The van der Waals surface area contributed by atoms with Crippen LogP contribution in [0.2, 0.25) is 0 Å². The number of carbonyl (C=O) groups is 2. The Kier molecular flexibility index (Phi) is 6.53. The van der Waals surface area contributed by atoms with Gasteiger partial charge in [-0.15, -0.1) is 0 Å². The van der Waals surface area contributed by atoms with Crippen molar-refractivity contribution in [2.45, 2.75) is 45.7 Å². The van der Waals surface area contributed by atoms with Crippen LogP contribution < -0.4 is 9.80 Å². The van der Waals surface area contributed by atoms with Crippen LogP contribution in [0.1, 0.15) is 33.6 Å². The summed E-state index contributed by atoms with van der Waals surface area (Å²) in [6, 6.07) is 6.83. The molecule has 2 amide bonds. The monoisotopic (exact) mass is 350 g/mol. The molecule has 1 aromatic carbocycles. The first-order chi connectivity index (χ1) is 11.9. The fraction of sp³-hybridized carbons (Fsp3) is 0.579. The van der Waals surface area contributed by atoms with E-state index in [0.717, 1.165) is 31.5 Å². The van der Waals surface area contributed by atoms with Gasteiger partial charge >= 0.3 is 6.03 Å². The standard InChI is InChI=1S/C19H28FN3O2/c1-4-21-19(25)22-13-16(3)23(14-15(22)2,11-5-6-12-24)18-9-7-17(20)8-10-18/h7-10,12,15-16H,4-6,11,13-14H2,1-3H3/p+1/t15-,16?,23+/m1/s1. The van der Waals surface area contributed by atoms with E-state index >= 15 is 0 Å². The van der Waals surface area contributed by atoms with E-state index in [-0.39, 0.29) is 23.9 Å². The fourth-order valence-electron chi connectivity index (χ4n) is 3.90. The lowest BCUT2D eigenvalue weighted by atomic mass is 10.0. The van der Waals surface area contributed by atoms with Gasteiger partial charge in [-0.1, -0.05) is 0 Å². The van der Waals surface area contributed by atoms with Crippen molar-refractivity contribution in [1.29, 1.82) is 0 Å². The van der Waals surface area contributed by atoms with Gasteiger partial charge in [0.2, 0.25) is 0 Å². The van der Waals surface area contributed by atoms with E-state index in [1.165, 1.54) is 12.1 Å². The lowest BCUT2D eigenvalue weighted by Gasteiger charge is -2.51. The minimum absolute atomic E-state index is 0.0355. The van der Waals surface area contributed by atoms with Gasteiger partial charge in [-0.05, 0) is 32.9 Å². The number of halogens is 1. The summed E-state index contributed by atoms with van der Waals surface area (Å²) in [5.74, 6) is -0.253. The summed E-state index contributed by atoms with van der Waals surface area (Å²) in [6.07, 6.45) is 2.24. The second-order valence-electron chi connectivity index (χ2n) is 6.91. The van der Waals surface area contributed by atoms with Crippen LogP contribution in [-0.4, -0.2) is 55.5 Å². The molecule has 6 heteroatoms. The van der Waals surface area contributed by atoms with Gasteiger partial charge in [0.25, 0.3) is 0 Å². The highest BCUT2D eigenvalue weighted by Gasteiger charge is 2.45. The van der Waals surface area contributed by atoms with Crippen molar-refractivity contribution in [2.75, 3.05) is 26.2 Å². The van der Waals surface area contributed by atoms with E-state index in [9.17, 15) is 14.0 Å². The molecule has 1 fully saturated rings. The van der Waals surface area contributed by atoms with Crippen LogP contribution in [0, 0.1) is 5.82 Å². The molecule has 1 unspecified atom stereocenters. The van der Waals surface area contributed by atoms with Crippen molar-refractivity contribution >= 4 is 18.0 Å². The zero-order chi connectivity index (χ0) is 18.4. The van der Waals surface area contributed by atoms with Gasteiger partial charge in [-0.25, -0.2) is 9.18 Å². The number of piperazine rings is 1. The topological polar surface area (TPSA) is 49.4 Å². The lowest BCUT2D eigenvalue weighted by molar-refractivity contribution is -0.108. The molecule has 0 radical (unpaired) electrons. The summed E-state index contributed by atoms with van der Waals surface area (Å²) in [5.41, 5.74) is 1.04. The molecule has 1 heterocycles. The van der Waals surface area contributed by atoms with E-state index in [0.29, 0.717) is 24.0 Å². The highest BCUT2D eigenvalue weighted by atomic mass is 19.1. The van der Waals surface area contributed by atoms with Crippen LogP contribution in [0.4, 0.5) is 14.9 Å². The van der Waals surface area contributed by atoms with Crippen molar-refractivity contribution in [3.05, 3.63) is 30.1 Å². The summed E-state index contributed by atoms with van der Waals surface area (Å²) in [5, 5.41) is 2.88. The third-order valence-electron chi connectivity index (χ3n) is 5.24. The zero-order valence-corrected chi connectivity index (χ0v) is 15.4. The van der Waals surface area contributed by atoms with Crippen LogP contribution >= 0.6 is 0 Å². The Morgan fingerprint density at radius 1 is 1.36 bits per heavy atom. The van der Waals surface area contributed by atoms with E-state index in [1.54, 1.807) is 0 Å². The van der Waals surface area contributed by atoms with Crippen molar-refractivity contribution < 1.29 is 14.0 Å². The first-order valence-electron chi connectivity index (χ1n) is 9.05. The van der Waals surface area contributed by atoms with Gasteiger partial charge in [0.15, 0.2) is 0 Å². The van der Waals surface area contributed by atoms with Crippen LogP contribution in [0.25, 0.3) is 0 Å². The Bertz CT molecular complexity index is 593. The zero-order valence-electron chi connectivity index (χ0n) is 15.4. The van der Waals surface area contributed by atoms with Gasteiger partial charge in [0, 0.05) is 31.5 Å². The Hall–Kier alpha value is -1.95. The number of urea groups is 1. The first kappa shape index (κ1) is 19.4. The number of nitrogens with zero attached hydrogens (tertiary/aromatic N) is 2. The van der Waals surface area contributed by atoms with E-state index in [4.69, 9.17) is 0 Å². The molecule has 2 rings (SSSR count). The Morgan fingerprint density at radius 3 is 2.64 bits per heavy atom. The predicted molar refractivity (Wildman–Crippen MR) is 97.9 cm³/mol. The number of aldehydes is 1. The summed E-state index contributed by atoms with van der Waals surface area (Å²) in [6.45, 7) is 8.88. The molecule has 25 heavy (non-hydrogen) atoms. The molecule has 0 aromatic heterocycles. The van der Waals surface area contributed by atoms with Crippen LogP contribution in [0.15, 0.2) is 24.3 Å². The summed E-state index contributed by atoms with van der Waals surface area (Å²) in [4.78, 5) is 25.0. The summed E-state index contributed by atoms with van der Waals surface area (Å²) in [7, 11) is 0. The van der Waals surface area contributed by atoms with Gasteiger partial charge in [-0.2, -0.15) is 0 Å². The average Bonchev–Trinajstić information content (AvgIpc) is 2.58. The molecule has 3 atom stereocenters. The van der Waals surface area contributed by atoms with Crippen molar-refractivity contribution in [1.82, 2.24) is 14.7 Å². The minimum Gasteiger partial charge on any atom is -0.338 e. The number of hydrogen-bond acceptors (Lipinski definition) is 2. The quantitative estimate of drug-likeness (QED) is 0.487. The number of amides is 2. The van der Waals surface area contributed by atoms with Gasteiger partial charge in [0.05, 0.1) is 19.1 Å². The Labute approximate surface area is 149 Å². The molecular weight excluding hydrogens is 321 g/mol. The predicted octanol–water partition coefficient (Wildman–Crippen LogP) is 2.93. The number of benzene rings is 1. The number of quaternary nitrogens is 1. The van der Waals surface area contributed by atoms with Crippen molar-refractivity contribution in [2.24, 2.45) is 0 Å². The van der Waals surface area contributed by atoms with Gasteiger partial charge in [0.1, 0.15) is 30.4 Å². The van der Waals surface area contributed by atoms with Crippen molar-refractivity contribution in [3.63, 3.8) is 0 Å². The largest absolute Gasteiger partial charge is 0.338 e. The molecule has 1 saturated heterocycles. The Morgan fingerprint density at radius 2 is 2.04 bits per heavy atom. The molecule has 5 nitrogen and oxygen atoms in total. The van der Waals surface area contributed by atoms with Crippen LogP contribution in [0.5, 0.6) is 0 Å². The number of carbonyl (C=O) groups excluding carboxylic acids is 2. The van der Waals surface area contributed by atoms with Crippen LogP contribution in [0.3, 0.4) is 0 Å². The highest BCUT2D eigenvalue weighted by molar-refractivity contribution is 5.75. The molecule has 0 spiro atoms. The minimum atomic E-state index is -0.253. The van der Waals surface area contributed by atoms with E-state index in [1.807, 2.05) is 24.0 Å². The third kappa shape index (κ3) is 4.18. The molecule has 1 aliphatic rings. The number of unbranched alkanes of at least 4 members (excludes halogenated alkanes) is 1. The SMILES string of the molecule is CCNC(=O)N1CC(C)[N@@+](CCCC=O)(c2ccc(F)cc2)C[C@H]1C. The lowest BCUT2D eigenvalue weighted by Crippen LogP contribution is -2.70. The van der Waals surface area contributed by atoms with Crippen LogP contribution in [-0.2, 0) is 4.79 Å². The summed E-state index contributed by atoms with van der Waals surface area (Å²) < 4.78 is 14.1. The smallest absolute Gasteiger partial charge is 0.318 e. The molecular formula is C19H29FN3O2+. The molecule has 1 N–H and O–H groups in total. The number of nitrogens with one attached hydrogen (secondary N) is 1. The maximum atomic E-state index is 13.4. The molecule has 138 valence electrons. The maximum Gasteiger partial charge on any atom is 0.318 e.